The van der Waals surface area contributed by atoms with E-state index in [0.717, 1.165) is 51.4 Å². The van der Waals surface area contributed by atoms with Crippen LogP contribution in [0.1, 0.15) is 77.6 Å². The van der Waals surface area contributed by atoms with Crippen molar-refractivity contribution in [2.24, 2.45) is 17.8 Å². The monoisotopic (exact) mass is 644 g/mol. The summed E-state index contributed by atoms with van der Waals surface area (Å²) in [6.07, 6.45) is 60.1. The Morgan fingerprint density at radius 2 is 1.63 bits per heavy atom. The molecule has 2 N–H and O–H groups in total. The van der Waals surface area contributed by atoms with Gasteiger partial charge in [0.1, 0.15) is 0 Å². The molecule has 2 heteroatoms. The first-order valence-electron chi connectivity index (χ1n) is 19.1. The van der Waals surface area contributed by atoms with Gasteiger partial charge >= 0.3 is 0 Å². The zero-order chi connectivity index (χ0) is 33.0. The van der Waals surface area contributed by atoms with E-state index in [-0.39, 0.29) is 6.04 Å². The van der Waals surface area contributed by atoms with E-state index >= 15 is 0 Å². The number of hydrogen-bond donors (Lipinski definition) is 2. The highest BCUT2D eigenvalue weighted by atomic mass is 14.9. The largest absolute Gasteiger partial charge is 0.379 e. The van der Waals surface area contributed by atoms with Gasteiger partial charge < -0.3 is 10.6 Å². The van der Waals surface area contributed by atoms with Crippen molar-refractivity contribution in [1.29, 1.82) is 0 Å². The van der Waals surface area contributed by atoms with Gasteiger partial charge in [0.05, 0.1) is 6.04 Å². The lowest BCUT2D eigenvalue weighted by Crippen LogP contribution is -2.33. The zero-order valence-corrected chi connectivity index (χ0v) is 29.2. The predicted molar refractivity (Wildman–Crippen MR) is 207 cm³/mol. The Morgan fingerprint density at radius 1 is 0.673 bits per heavy atom. The van der Waals surface area contributed by atoms with E-state index in [1.54, 1.807) is 0 Å². The number of rotatable bonds is 8. The maximum Gasteiger partial charge on any atom is 0.0554 e. The fraction of sp³-hybridized carbons (Fsp3) is 0.362. The average Bonchev–Trinajstić information content (AvgIpc) is 3.16. The maximum absolute atomic E-state index is 3.97. The van der Waals surface area contributed by atoms with Crippen LogP contribution < -0.4 is 10.6 Å². The molecule has 0 aliphatic heterocycles. The minimum atomic E-state index is 0.285. The van der Waals surface area contributed by atoms with Gasteiger partial charge in [-0.1, -0.05) is 115 Å². The summed E-state index contributed by atoms with van der Waals surface area (Å²) in [6, 6.07) is 0.732. The Morgan fingerprint density at radius 3 is 2.47 bits per heavy atom. The van der Waals surface area contributed by atoms with Crippen LogP contribution in [0.4, 0.5) is 0 Å². The van der Waals surface area contributed by atoms with Crippen LogP contribution >= 0.6 is 0 Å². The summed E-state index contributed by atoms with van der Waals surface area (Å²) in [6.45, 7) is 2.37. The number of fused-ring (bicyclic) bond motifs is 1. The molecule has 5 atom stereocenters. The summed E-state index contributed by atoms with van der Waals surface area (Å²) in [7, 11) is 0. The van der Waals surface area contributed by atoms with E-state index in [0.29, 0.717) is 23.8 Å². The smallest absolute Gasteiger partial charge is 0.0554 e. The number of nitrogens with one attached hydrogen (secondary N) is 2. The quantitative estimate of drug-likeness (QED) is 0.257. The van der Waals surface area contributed by atoms with Crippen LogP contribution in [0.15, 0.2) is 177 Å². The lowest BCUT2D eigenvalue weighted by molar-refractivity contribution is 0.565. The molecule has 0 heterocycles. The lowest BCUT2D eigenvalue weighted by atomic mass is 9.75. The van der Waals surface area contributed by atoms with Gasteiger partial charge in [-0.05, 0) is 129 Å². The maximum atomic E-state index is 3.97. The molecule has 8 aliphatic rings. The molecule has 0 radical (unpaired) electrons. The van der Waals surface area contributed by atoms with Gasteiger partial charge in [0.15, 0.2) is 0 Å². The number of hydrogen-bond acceptors (Lipinski definition) is 2. The second-order valence-electron chi connectivity index (χ2n) is 15.0. The van der Waals surface area contributed by atoms with Crippen molar-refractivity contribution < 1.29 is 0 Å². The summed E-state index contributed by atoms with van der Waals surface area (Å²) >= 11 is 0. The van der Waals surface area contributed by atoms with Gasteiger partial charge in [-0.25, -0.2) is 0 Å². The first-order valence-corrected chi connectivity index (χ1v) is 19.1. The molecule has 0 fully saturated rings. The standard InChI is InChI=1S/C47H52N2/c1-33-29-38(39-23-27-46(48-41-19-9-4-10-20-41)44(31-39)35-14-5-2-6-15-35)22-26-43(33)40-24-28-47(45(32-40)36-16-7-3-8-17-36)49-42-25-21-34-13-11-12-18-37(34)30-42/h2,5,7,9,11-14,16-19,22-25,27,29-30,32,34,39,41,43,47-49H,3-4,6,8,10,15,20-21,26,28,31H2,1H3. The molecule has 0 aromatic rings. The molecular weight excluding hydrogens is 593 g/mol. The second kappa shape index (κ2) is 14.7. The summed E-state index contributed by atoms with van der Waals surface area (Å²) in [5.74, 6) is 1.39. The van der Waals surface area contributed by atoms with Crippen molar-refractivity contribution in [3.63, 3.8) is 0 Å². The van der Waals surface area contributed by atoms with Crippen molar-refractivity contribution in [1.82, 2.24) is 10.6 Å². The molecule has 250 valence electrons. The highest BCUT2D eigenvalue weighted by molar-refractivity contribution is 5.54. The first kappa shape index (κ1) is 31.9. The van der Waals surface area contributed by atoms with Gasteiger partial charge in [-0.2, -0.15) is 0 Å². The molecule has 49 heavy (non-hydrogen) atoms. The Bertz CT molecular complexity index is 1810. The molecule has 0 bridgehead atoms. The fourth-order valence-electron chi connectivity index (χ4n) is 8.86. The van der Waals surface area contributed by atoms with E-state index in [9.17, 15) is 0 Å². The van der Waals surface area contributed by atoms with Crippen molar-refractivity contribution in [2.75, 3.05) is 0 Å². The SMILES string of the molecule is CC1=CC(C2C=CC(NC3C=CCCC3)=C(C3=CC=CCC3)C2)=CCC1C1=CCC(NC2=CCC3C=CC=CC3=C2)C(C2=CCCC=C2)=C1. The number of allylic oxidation sites excluding steroid dienone is 24. The van der Waals surface area contributed by atoms with E-state index in [1.807, 2.05) is 0 Å². The molecule has 0 aromatic carbocycles. The van der Waals surface area contributed by atoms with Gasteiger partial charge in [-0.15, -0.1) is 0 Å². The lowest BCUT2D eigenvalue weighted by Gasteiger charge is -2.33. The van der Waals surface area contributed by atoms with E-state index in [4.69, 9.17) is 0 Å². The van der Waals surface area contributed by atoms with E-state index in [2.05, 4.69) is 139 Å². The molecule has 0 saturated carbocycles. The third-order valence-corrected chi connectivity index (χ3v) is 11.6. The van der Waals surface area contributed by atoms with Gasteiger partial charge in [0.25, 0.3) is 0 Å². The second-order valence-corrected chi connectivity index (χ2v) is 15.0. The highest BCUT2D eigenvalue weighted by Crippen LogP contribution is 2.41. The summed E-state index contributed by atoms with van der Waals surface area (Å²) in [4.78, 5) is 0. The zero-order valence-electron chi connectivity index (χ0n) is 29.2. The molecular formula is C47H52N2. The summed E-state index contributed by atoms with van der Waals surface area (Å²) < 4.78 is 0. The minimum Gasteiger partial charge on any atom is -0.379 e. The normalized spacial score (nSPS) is 30.7. The van der Waals surface area contributed by atoms with Crippen LogP contribution in [0.3, 0.4) is 0 Å². The van der Waals surface area contributed by atoms with E-state index in [1.165, 1.54) is 75.2 Å². The Hall–Kier alpha value is -4.30. The van der Waals surface area contributed by atoms with Crippen molar-refractivity contribution >= 4 is 0 Å². The fourth-order valence-corrected chi connectivity index (χ4v) is 8.86. The Labute approximate surface area is 294 Å². The van der Waals surface area contributed by atoms with Gasteiger partial charge in [-0.3, -0.25) is 0 Å². The van der Waals surface area contributed by atoms with Crippen LogP contribution in [0.5, 0.6) is 0 Å². The molecule has 2 nitrogen and oxygen atoms in total. The minimum absolute atomic E-state index is 0.285. The molecule has 5 unspecified atom stereocenters. The summed E-state index contributed by atoms with van der Waals surface area (Å²) in [5, 5.41) is 7.89. The summed E-state index contributed by atoms with van der Waals surface area (Å²) in [5.41, 5.74) is 14.4. The van der Waals surface area contributed by atoms with Crippen molar-refractivity contribution in [3.05, 3.63) is 177 Å². The molecule has 0 aromatic heterocycles. The average molecular weight is 645 g/mol. The molecule has 8 rings (SSSR count). The highest BCUT2D eigenvalue weighted by Gasteiger charge is 2.29. The first-order chi connectivity index (χ1) is 24.2. The topological polar surface area (TPSA) is 24.1 Å². The third-order valence-electron chi connectivity index (χ3n) is 11.6. The molecule has 0 saturated heterocycles. The van der Waals surface area contributed by atoms with Gasteiger partial charge in [0, 0.05) is 35.2 Å². The Balaban J connectivity index is 0.993. The third kappa shape index (κ3) is 7.20. The van der Waals surface area contributed by atoms with Crippen molar-refractivity contribution in [2.45, 2.75) is 89.6 Å². The van der Waals surface area contributed by atoms with Gasteiger partial charge in [0.2, 0.25) is 0 Å². The van der Waals surface area contributed by atoms with E-state index < -0.39 is 0 Å². The van der Waals surface area contributed by atoms with Crippen LogP contribution in [0, 0.1) is 17.8 Å². The van der Waals surface area contributed by atoms with Crippen LogP contribution in [0.2, 0.25) is 0 Å². The van der Waals surface area contributed by atoms with Crippen LogP contribution in [-0.4, -0.2) is 12.1 Å². The predicted octanol–water partition coefficient (Wildman–Crippen LogP) is 11.1. The molecule has 0 amide bonds. The van der Waals surface area contributed by atoms with Crippen LogP contribution in [0.25, 0.3) is 0 Å². The molecule has 8 aliphatic carbocycles. The molecule has 0 spiro atoms. The van der Waals surface area contributed by atoms with Crippen molar-refractivity contribution in [3.8, 4) is 0 Å². The van der Waals surface area contributed by atoms with Crippen LogP contribution in [-0.2, 0) is 0 Å². The Kier molecular flexibility index (Phi) is 9.56.